The van der Waals surface area contributed by atoms with Crippen molar-refractivity contribution >= 4 is 22.9 Å². The van der Waals surface area contributed by atoms with Gasteiger partial charge in [-0.15, -0.1) is 0 Å². The highest BCUT2D eigenvalue weighted by atomic mass is 16.3. The second kappa shape index (κ2) is 10.2. The Balaban J connectivity index is 2.43. The van der Waals surface area contributed by atoms with Gasteiger partial charge in [-0.05, 0) is 55.7 Å². The summed E-state index contributed by atoms with van der Waals surface area (Å²) in [4.78, 5) is 18.7. The van der Waals surface area contributed by atoms with Gasteiger partial charge in [0, 0.05) is 31.4 Å². The van der Waals surface area contributed by atoms with Crippen LogP contribution in [0.5, 0.6) is 0 Å². The average molecular weight is 387 g/mol. The van der Waals surface area contributed by atoms with Crippen molar-refractivity contribution in [2.75, 3.05) is 44.4 Å². The monoisotopic (exact) mass is 387 g/mol. The molecule has 0 atom stereocenters. The number of rotatable bonds is 9. The largest absolute Gasteiger partial charge is 0.395 e. The molecule has 1 aromatic rings. The van der Waals surface area contributed by atoms with Crippen molar-refractivity contribution in [3.8, 4) is 0 Å². The maximum atomic E-state index is 12.0. The van der Waals surface area contributed by atoms with Crippen LogP contribution in [-0.4, -0.2) is 66.3 Å². The van der Waals surface area contributed by atoms with Crippen molar-refractivity contribution < 1.29 is 20.1 Å². The van der Waals surface area contributed by atoms with Crippen molar-refractivity contribution in [2.24, 2.45) is 4.99 Å². The molecule has 152 valence electrons. The smallest absolute Gasteiger partial charge is 0.183 e. The van der Waals surface area contributed by atoms with E-state index in [2.05, 4.69) is 5.32 Å². The molecule has 0 heterocycles. The number of carbonyl (C=O) groups excluding carboxylic acids is 1. The summed E-state index contributed by atoms with van der Waals surface area (Å²) in [5, 5.41) is 30.7. The van der Waals surface area contributed by atoms with Gasteiger partial charge in [0.1, 0.15) is 0 Å². The van der Waals surface area contributed by atoms with E-state index in [0.29, 0.717) is 36.6 Å². The lowest BCUT2D eigenvalue weighted by atomic mass is 10.0. The zero-order valence-corrected chi connectivity index (χ0v) is 16.7. The minimum absolute atomic E-state index is 0.00489. The van der Waals surface area contributed by atoms with Crippen LogP contribution in [0.15, 0.2) is 40.5 Å². The first-order valence-electron chi connectivity index (χ1n) is 9.37. The second-order valence-electron chi connectivity index (χ2n) is 6.76. The number of aryl methyl sites for hydroxylation is 2. The van der Waals surface area contributed by atoms with Gasteiger partial charge in [0.15, 0.2) is 5.78 Å². The zero-order valence-electron chi connectivity index (χ0n) is 16.7. The molecule has 0 aliphatic heterocycles. The molecule has 7 nitrogen and oxygen atoms in total. The number of ketones is 1. The minimum Gasteiger partial charge on any atom is -0.395 e. The number of aliphatic imine (C=N–C) groups is 1. The van der Waals surface area contributed by atoms with Gasteiger partial charge in [-0.2, -0.15) is 0 Å². The molecule has 7 heteroatoms. The Morgan fingerprint density at radius 1 is 0.964 bits per heavy atom. The quantitative estimate of drug-likeness (QED) is 0.474. The topological polar surface area (TPSA) is 105 Å². The summed E-state index contributed by atoms with van der Waals surface area (Å²) in [6, 6.07) is 3.96. The number of aliphatic hydroxyl groups is 3. The Morgan fingerprint density at radius 2 is 1.57 bits per heavy atom. The van der Waals surface area contributed by atoms with Gasteiger partial charge in [0.2, 0.25) is 0 Å². The molecule has 28 heavy (non-hydrogen) atoms. The molecule has 0 spiro atoms. The zero-order chi connectivity index (χ0) is 20.7. The van der Waals surface area contributed by atoms with Crippen LogP contribution in [0, 0.1) is 13.8 Å². The van der Waals surface area contributed by atoms with Gasteiger partial charge < -0.3 is 25.5 Å². The van der Waals surface area contributed by atoms with Crippen LogP contribution < -0.4 is 10.2 Å². The van der Waals surface area contributed by atoms with Gasteiger partial charge in [0.25, 0.3) is 0 Å². The van der Waals surface area contributed by atoms with E-state index in [0.717, 1.165) is 22.5 Å². The highest BCUT2D eigenvalue weighted by molar-refractivity contribution is 6.22. The molecule has 1 aliphatic carbocycles. The highest BCUT2D eigenvalue weighted by Crippen LogP contribution is 2.30. The summed E-state index contributed by atoms with van der Waals surface area (Å²) in [5.74, 6) is -0.0770. The summed E-state index contributed by atoms with van der Waals surface area (Å²) in [6.07, 6.45) is 3.26. The molecule has 0 fully saturated rings. The van der Waals surface area contributed by atoms with Crippen LogP contribution in [0.4, 0.5) is 11.4 Å². The fourth-order valence-electron chi connectivity index (χ4n) is 3.12. The molecule has 2 rings (SSSR count). The third-order valence-electron chi connectivity index (χ3n) is 4.53. The van der Waals surface area contributed by atoms with E-state index in [4.69, 9.17) is 10.1 Å². The fourth-order valence-corrected chi connectivity index (χ4v) is 3.12. The number of hydrogen-bond donors (Lipinski definition) is 4. The Kier molecular flexibility index (Phi) is 7.92. The molecule has 0 bridgehead atoms. The Labute approximate surface area is 165 Å². The van der Waals surface area contributed by atoms with Crippen molar-refractivity contribution in [3.05, 3.63) is 46.7 Å². The summed E-state index contributed by atoms with van der Waals surface area (Å²) >= 11 is 0. The van der Waals surface area contributed by atoms with Crippen molar-refractivity contribution in [1.29, 1.82) is 0 Å². The number of hydrogen-bond acceptors (Lipinski definition) is 7. The normalized spacial score (nSPS) is 15.5. The number of aliphatic hydroxyl groups excluding tert-OH is 3. The van der Waals surface area contributed by atoms with Gasteiger partial charge >= 0.3 is 0 Å². The molecular weight excluding hydrogens is 358 g/mol. The lowest BCUT2D eigenvalue weighted by Gasteiger charge is -2.24. The lowest BCUT2D eigenvalue weighted by molar-refractivity contribution is -0.111. The predicted octanol–water partition coefficient (Wildman–Crippen LogP) is 1.16. The van der Waals surface area contributed by atoms with E-state index in [1.54, 1.807) is 13.0 Å². The van der Waals surface area contributed by atoms with Gasteiger partial charge in [-0.1, -0.05) is 0 Å². The van der Waals surface area contributed by atoms with Crippen LogP contribution in [0.1, 0.15) is 18.1 Å². The fraction of sp³-hybridized carbons (Fsp3) is 0.429. The van der Waals surface area contributed by atoms with E-state index < -0.39 is 0 Å². The van der Waals surface area contributed by atoms with Crippen molar-refractivity contribution in [3.63, 3.8) is 0 Å². The molecule has 0 aromatic heterocycles. The SMILES string of the molecule is CC1=CC(=Nc2c(C)cc(N(CCO)CCO)cc2C)C(NCCO)=CC1=O. The molecule has 0 radical (unpaired) electrons. The molecule has 0 saturated heterocycles. The first-order chi connectivity index (χ1) is 13.4. The van der Waals surface area contributed by atoms with Gasteiger partial charge in [-0.3, -0.25) is 4.79 Å². The summed E-state index contributed by atoms with van der Waals surface area (Å²) in [6.45, 7) is 6.85. The summed E-state index contributed by atoms with van der Waals surface area (Å²) in [7, 11) is 0. The molecular formula is C21H29N3O4. The van der Waals surface area contributed by atoms with E-state index in [9.17, 15) is 15.0 Å². The van der Waals surface area contributed by atoms with E-state index >= 15 is 0 Å². The second-order valence-corrected chi connectivity index (χ2v) is 6.76. The van der Waals surface area contributed by atoms with Crippen LogP contribution in [0.2, 0.25) is 0 Å². The Hall–Kier alpha value is -2.48. The maximum absolute atomic E-state index is 12.0. The lowest BCUT2D eigenvalue weighted by Crippen LogP contribution is -2.29. The number of nitrogens with one attached hydrogen (secondary N) is 1. The van der Waals surface area contributed by atoms with E-state index in [1.165, 1.54) is 6.08 Å². The van der Waals surface area contributed by atoms with Gasteiger partial charge in [0.05, 0.1) is 36.9 Å². The Bertz CT molecular complexity index is 783. The molecule has 0 unspecified atom stereocenters. The standard InChI is InChI=1S/C21H29N3O4/c1-14-12-19(18(13-20(14)28)22-4-7-25)23-21-15(2)10-17(11-16(21)3)24(5-8-26)6-9-27/h10-13,22,25-27H,4-9H2,1-3H3. The number of benzene rings is 1. The van der Waals surface area contributed by atoms with Crippen LogP contribution >= 0.6 is 0 Å². The van der Waals surface area contributed by atoms with E-state index in [-0.39, 0.29) is 25.6 Å². The van der Waals surface area contributed by atoms with Crippen molar-refractivity contribution in [1.82, 2.24) is 5.32 Å². The minimum atomic E-state index is -0.0770. The summed E-state index contributed by atoms with van der Waals surface area (Å²) < 4.78 is 0. The number of anilines is 1. The van der Waals surface area contributed by atoms with E-state index in [1.807, 2.05) is 30.9 Å². The first kappa shape index (κ1) is 21.8. The summed E-state index contributed by atoms with van der Waals surface area (Å²) in [5.41, 5.74) is 5.48. The molecule has 4 N–H and O–H groups in total. The molecule has 0 saturated carbocycles. The molecule has 1 aliphatic rings. The van der Waals surface area contributed by atoms with Crippen LogP contribution in [0.25, 0.3) is 0 Å². The maximum Gasteiger partial charge on any atom is 0.183 e. The number of carbonyl (C=O) groups is 1. The third kappa shape index (κ3) is 5.28. The average Bonchev–Trinajstić information content (AvgIpc) is 2.65. The molecule has 0 amide bonds. The number of nitrogens with zero attached hydrogens (tertiary/aromatic N) is 2. The third-order valence-corrected chi connectivity index (χ3v) is 4.53. The Morgan fingerprint density at radius 3 is 2.11 bits per heavy atom. The first-order valence-corrected chi connectivity index (χ1v) is 9.37. The van der Waals surface area contributed by atoms with Gasteiger partial charge in [-0.25, -0.2) is 4.99 Å². The predicted molar refractivity (Wildman–Crippen MR) is 111 cm³/mol. The van der Waals surface area contributed by atoms with Crippen LogP contribution in [0.3, 0.4) is 0 Å². The van der Waals surface area contributed by atoms with Crippen molar-refractivity contribution in [2.45, 2.75) is 20.8 Å². The van der Waals surface area contributed by atoms with Crippen LogP contribution in [-0.2, 0) is 4.79 Å². The highest BCUT2D eigenvalue weighted by Gasteiger charge is 2.17. The number of allylic oxidation sites excluding steroid dienone is 3. The molecule has 1 aromatic carbocycles.